The van der Waals surface area contributed by atoms with Crippen LogP contribution in [0, 0.1) is 12.7 Å². The highest BCUT2D eigenvalue weighted by molar-refractivity contribution is 7.90. The number of aromatic nitrogens is 2. The van der Waals surface area contributed by atoms with Crippen LogP contribution in [-0.4, -0.2) is 65.4 Å². The molecule has 1 amide bonds. The molecule has 0 atom stereocenters. The molecule has 4 fully saturated rings. The number of hydrogen-bond acceptors (Lipinski definition) is 8. The van der Waals surface area contributed by atoms with Crippen LogP contribution in [0.5, 0.6) is 11.6 Å². The van der Waals surface area contributed by atoms with E-state index in [4.69, 9.17) is 9.47 Å². The summed E-state index contributed by atoms with van der Waals surface area (Å²) in [4.78, 5) is 25.8. The minimum Gasteiger partial charge on any atom is -0.444 e. The Morgan fingerprint density at radius 3 is 2.19 bits per heavy atom. The summed E-state index contributed by atoms with van der Waals surface area (Å²) in [5.74, 6) is 0.0684. The van der Waals surface area contributed by atoms with E-state index in [1.165, 1.54) is 18.5 Å². The van der Waals surface area contributed by atoms with Crippen LogP contribution in [0.15, 0.2) is 29.4 Å². The van der Waals surface area contributed by atoms with E-state index in [2.05, 4.69) is 14.9 Å². The van der Waals surface area contributed by atoms with Gasteiger partial charge in [-0.15, -0.1) is 0 Å². The highest BCUT2D eigenvalue weighted by Crippen LogP contribution is 2.47. The minimum absolute atomic E-state index is 0.108. The van der Waals surface area contributed by atoms with E-state index in [9.17, 15) is 17.6 Å². The molecule has 4 saturated heterocycles. The third-order valence-electron chi connectivity index (χ3n) is 7.15. The van der Waals surface area contributed by atoms with Crippen molar-refractivity contribution in [3.63, 3.8) is 0 Å². The van der Waals surface area contributed by atoms with Gasteiger partial charge < -0.3 is 19.3 Å². The first-order chi connectivity index (χ1) is 16.8. The number of hydrogen-bond donors (Lipinski definition) is 0. The molecule has 1 aromatic heterocycles. The summed E-state index contributed by atoms with van der Waals surface area (Å²) in [6.45, 7) is 7.49. The van der Waals surface area contributed by atoms with Crippen molar-refractivity contribution in [2.45, 2.75) is 88.0 Å². The van der Waals surface area contributed by atoms with E-state index in [0.29, 0.717) is 5.56 Å². The SMILES string of the molecule is Cc1c(Oc2ccc(S(C)(=O)=O)cc2F)ncnc1N1C2CC3CC1CC(C2)N3C(=O)OC(C)(C)C. The number of carbonyl (C=O) groups excluding carboxylic acids is 1. The molecular formula is C25H31FN4O5S. The largest absolute Gasteiger partial charge is 0.444 e. The molecule has 11 heteroatoms. The maximum absolute atomic E-state index is 14.6. The molecule has 0 N–H and O–H groups in total. The van der Waals surface area contributed by atoms with E-state index in [1.54, 1.807) is 0 Å². The quantitative estimate of drug-likeness (QED) is 0.592. The van der Waals surface area contributed by atoms with Crippen molar-refractivity contribution in [3.8, 4) is 11.6 Å². The van der Waals surface area contributed by atoms with Crippen LogP contribution in [-0.2, 0) is 14.6 Å². The lowest BCUT2D eigenvalue weighted by Crippen LogP contribution is -2.70. The second-order valence-corrected chi connectivity index (χ2v) is 13.0. The first kappa shape index (κ1) is 24.7. The number of sulfone groups is 1. The van der Waals surface area contributed by atoms with E-state index in [0.717, 1.165) is 43.8 Å². The lowest BCUT2D eigenvalue weighted by molar-refractivity contribution is -0.0404. The van der Waals surface area contributed by atoms with E-state index >= 15 is 0 Å². The highest BCUT2D eigenvalue weighted by Gasteiger charge is 2.53. The number of halogens is 1. The van der Waals surface area contributed by atoms with Crippen LogP contribution >= 0.6 is 0 Å². The van der Waals surface area contributed by atoms with Gasteiger partial charge in [0.05, 0.1) is 10.5 Å². The third-order valence-corrected chi connectivity index (χ3v) is 8.26. The highest BCUT2D eigenvalue weighted by atomic mass is 32.2. The number of nitrogens with zero attached hydrogens (tertiary/aromatic N) is 4. The lowest BCUT2D eigenvalue weighted by atomic mass is 9.73. The molecule has 36 heavy (non-hydrogen) atoms. The summed E-state index contributed by atoms with van der Waals surface area (Å²) in [6, 6.07) is 4.26. The number of ether oxygens (including phenoxy) is 2. The Balaban J connectivity index is 1.36. The van der Waals surface area contributed by atoms with Crippen molar-refractivity contribution < 1.29 is 27.1 Å². The van der Waals surface area contributed by atoms with Gasteiger partial charge in [-0.3, -0.25) is 0 Å². The van der Waals surface area contributed by atoms with Crippen LogP contribution in [0.2, 0.25) is 0 Å². The second kappa shape index (κ2) is 8.57. The average molecular weight is 519 g/mol. The molecule has 4 aliphatic heterocycles. The third kappa shape index (κ3) is 4.49. The van der Waals surface area contributed by atoms with Gasteiger partial charge >= 0.3 is 6.09 Å². The molecule has 0 aliphatic carbocycles. The van der Waals surface area contributed by atoms with Gasteiger partial charge in [0.25, 0.3) is 0 Å². The fourth-order valence-corrected chi connectivity index (χ4v) is 6.42. The molecule has 0 saturated carbocycles. The maximum atomic E-state index is 14.6. The predicted molar refractivity (Wildman–Crippen MR) is 131 cm³/mol. The van der Waals surface area contributed by atoms with E-state index < -0.39 is 21.3 Å². The molecule has 0 radical (unpaired) electrons. The van der Waals surface area contributed by atoms with Gasteiger partial charge in [0, 0.05) is 30.4 Å². The number of benzene rings is 1. The molecule has 0 unspecified atom stereocenters. The van der Waals surface area contributed by atoms with Crippen molar-refractivity contribution in [1.82, 2.24) is 14.9 Å². The zero-order chi connectivity index (χ0) is 26.0. The normalized spacial score (nSPS) is 25.3. The Bertz CT molecular complexity index is 1280. The summed E-state index contributed by atoms with van der Waals surface area (Å²) in [5.41, 5.74) is 0.150. The molecule has 4 bridgehead atoms. The topological polar surface area (TPSA) is 102 Å². The number of rotatable bonds is 4. The summed E-state index contributed by atoms with van der Waals surface area (Å²) < 4.78 is 49.5. The summed E-state index contributed by atoms with van der Waals surface area (Å²) in [6.07, 6.45) is 5.50. The second-order valence-electron chi connectivity index (χ2n) is 10.9. The van der Waals surface area contributed by atoms with Gasteiger partial charge in [0.2, 0.25) is 5.88 Å². The number of piperidine rings is 4. The molecule has 9 nitrogen and oxygen atoms in total. The Morgan fingerprint density at radius 1 is 1.06 bits per heavy atom. The average Bonchev–Trinajstić information content (AvgIpc) is 2.74. The Labute approximate surface area is 210 Å². The van der Waals surface area contributed by atoms with Crippen molar-refractivity contribution in [2.24, 2.45) is 0 Å². The van der Waals surface area contributed by atoms with Crippen LogP contribution in [0.3, 0.4) is 0 Å². The van der Waals surface area contributed by atoms with Crippen LogP contribution < -0.4 is 9.64 Å². The number of amides is 1. The Morgan fingerprint density at radius 2 is 1.67 bits per heavy atom. The zero-order valence-electron chi connectivity index (χ0n) is 21.1. The molecular weight excluding hydrogens is 487 g/mol. The standard InChI is InChI=1S/C25H31FN4O5S/c1-14-22(27-13-28-23(14)34-21-7-6-19(12-20(21)26)36(5,32)33)29-15-8-17-10-16(29)11-18(9-15)30(17)24(31)35-25(2,3)4/h6-7,12-13,15-18H,8-11H2,1-5H3. The molecule has 5 heterocycles. The Kier molecular flexibility index (Phi) is 5.89. The summed E-state index contributed by atoms with van der Waals surface area (Å²) in [7, 11) is -3.53. The van der Waals surface area contributed by atoms with Gasteiger partial charge in [0.15, 0.2) is 21.4 Å². The molecule has 194 valence electrons. The molecule has 1 aromatic carbocycles. The first-order valence-electron chi connectivity index (χ1n) is 12.1. The van der Waals surface area contributed by atoms with Gasteiger partial charge in [-0.2, -0.15) is 0 Å². The predicted octanol–water partition coefficient (Wildman–Crippen LogP) is 4.24. The molecule has 4 aliphatic rings. The van der Waals surface area contributed by atoms with Crippen molar-refractivity contribution in [2.75, 3.05) is 11.2 Å². The fourth-order valence-electron chi connectivity index (χ4n) is 5.79. The van der Waals surface area contributed by atoms with E-state index in [-0.39, 0.29) is 46.8 Å². The maximum Gasteiger partial charge on any atom is 0.410 e. The smallest absolute Gasteiger partial charge is 0.410 e. The number of carbonyl (C=O) groups is 1. The Hall–Kier alpha value is -2.95. The van der Waals surface area contributed by atoms with Crippen LogP contribution in [0.4, 0.5) is 15.0 Å². The van der Waals surface area contributed by atoms with Gasteiger partial charge in [-0.25, -0.2) is 27.6 Å². The monoisotopic (exact) mass is 518 g/mol. The van der Waals surface area contributed by atoms with Gasteiger partial charge in [-0.05, 0) is 71.6 Å². The summed E-state index contributed by atoms with van der Waals surface area (Å²) in [5, 5.41) is 0. The molecule has 0 spiro atoms. The first-order valence-corrected chi connectivity index (χ1v) is 14.0. The van der Waals surface area contributed by atoms with Crippen LogP contribution in [0.25, 0.3) is 0 Å². The van der Waals surface area contributed by atoms with Crippen molar-refractivity contribution >= 4 is 21.7 Å². The number of anilines is 1. The molecule has 6 rings (SSSR count). The fraction of sp³-hybridized carbons (Fsp3) is 0.560. The molecule has 2 aromatic rings. The lowest BCUT2D eigenvalue weighted by Gasteiger charge is -2.61. The van der Waals surface area contributed by atoms with Crippen molar-refractivity contribution in [3.05, 3.63) is 35.9 Å². The van der Waals surface area contributed by atoms with Crippen LogP contribution in [0.1, 0.15) is 52.0 Å². The summed E-state index contributed by atoms with van der Waals surface area (Å²) >= 11 is 0. The minimum atomic E-state index is -3.53. The van der Waals surface area contributed by atoms with Crippen molar-refractivity contribution in [1.29, 1.82) is 0 Å². The van der Waals surface area contributed by atoms with Gasteiger partial charge in [0.1, 0.15) is 17.7 Å². The zero-order valence-corrected chi connectivity index (χ0v) is 21.9. The van der Waals surface area contributed by atoms with E-state index in [1.807, 2.05) is 32.6 Å². The van der Waals surface area contributed by atoms with Gasteiger partial charge in [-0.1, -0.05) is 0 Å².